The Morgan fingerprint density at radius 2 is 1.10 bits per heavy atom. The van der Waals surface area contributed by atoms with Gasteiger partial charge in [0, 0.05) is 30.5 Å². The predicted molar refractivity (Wildman–Crippen MR) is 119 cm³/mol. The number of nitrogens with zero attached hydrogens (tertiary/aromatic N) is 1. The number of ketones is 1. The fourth-order valence-corrected chi connectivity index (χ4v) is 6.15. The summed E-state index contributed by atoms with van der Waals surface area (Å²) < 4.78 is 0. The second-order valence-electron chi connectivity index (χ2n) is 9.61. The lowest BCUT2D eigenvalue weighted by Crippen LogP contribution is -2.50. The zero-order valence-corrected chi connectivity index (χ0v) is 17.2. The van der Waals surface area contributed by atoms with E-state index >= 15 is 0 Å². The molecule has 2 heteroatoms. The second kappa shape index (κ2) is 6.65. The van der Waals surface area contributed by atoms with Crippen LogP contribution < -0.4 is 0 Å². The van der Waals surface area contributed by atoms with Crippen molar-refractivity contribution in [3.8, 4) is 0 Å². The van der Waals surface area contributed by atoms with Crippen LogP contribution in [0.5, 0.6) is 0 Å². The van der Waals surface area contributed by atoms with Crippen LogP contribution in [-0.2, 0) is 11.3 Å². The molecule has 2 nitrogen and oxygen atoms in total. The molecular weight excluding hydrogens is 366 g/mol. The number of hydrogen-bond acceptors (Lipinski definition) is 2. The van der Waals surface area contributed by atoms with Gasteiger partial charge < -0.3 is 0 Å². The summed E-state index contributed by atoms with van der Waals surface area (Å²) in [5.41, 5.74) is 3.61. The van der Waals surface area contributed by atoms with Crippen molar-refractivity contribution in [2.75, 3.05) is 13.1 Å². The largest absolute Gasteiger partial charge is 0.298 e. The van der Waals surface area contributed by atoms with Gasteiger partial charge in [-0.3, -0.25) is 9.69 Å². The first-order chi connectivity index (χ1) is 14.7. The van der Waals surface area contributed by atoms with Crippen molar-refractivity contribution in [1.29, 1.82) is 0 Å². The van der Waals surface area contributed by atoms with Gasteiger partial charge in [-0.1, -0.05) is 91.0 Å². The zero-order chi connectivity index (χ0) is 20.2. The number of piperidine rings is 1. The number of benzene rings is 3. The molecule has 3 aromatic rings. The molecule has 1 aliphatic heterocycles. The van der Waals surface area contributed by atoms with Crippen molar-refractivity contribution in [2.24, 2.45) is 10.8 Å². The van der Waals surface area contributed by atoms with Crippen LogP contribution in [0.2, 0.25) is 0 Å². The standard InChI is InChI=1S/C28H27NO/c30-26-27(16-24(27)22-12-6-2-7-13-22)19-29(18-21-10-4-1-5-11-21)20-28(26)17-25(28)23-14-8-3-9-15-23/h1-15,24-25H,16-20H2/t24-,25-,27-,28-/m1/s1. The van der Waals surface area contributed by atoms with E-state index in [1.165, 1.54) is 16.7 Å². The minimum Gasteiger partial charge on any atom is -0.298 e. The lowest BCUT2D eigenvalue weighted by molar-refractivity contribution is -0.135. The van der Waals surface area contributed by atoms with E-state index < -0.39 is 0 Å². The second-order valence-corrected chi connectivity index (χ2v) is 9.61. The SMILES string of the molecule is O=C1[C@]2(C[C@@H]2c2ccccc2)CN(Cc2ccccc2)C[C@@]12C[C@@H]2c1ccccc1. The Labute approximate surface area is 178 Å². The maximum atomic E-state index is 14.0. The number of carbonyl (C=O) groups is 1. The van der Waals surface area contributed by atoms with Gasteiger partial charge in [0.1, 0.15) is 5.78 Å². The highest BCUT2D eigenvalue weighted by molar-refractivity contribution is 5.99. The molecule has 0 N–H and O–H groups in total. The highest BCUT2D eigenvalue weighted by atomic mass is 16.1. The minimum atomic E-state index is -0.197. The van der Waals surface area contributed by atoms with Crippen molar-refractivity contribution >= 4 is 5.78 Å². The first-order valence-electron chi connectivity index (χ1n) is 11.1. The molecule has 0 radical (unpaired) electrons. The zero-order valence-electron chi connectivity index (χ0n) is 17.2. The molecule has 2 aliphatic carbocycles. The van der Waals surface area contributed by atoms with Crippen molar-refractivity contribution in [3.05, 3.63) is 108 Å². The topological polar surface area (TPSA) is 20.3 Å². The molecule has 3 aliphatic rings. The molecule has 2 spiro atoms. The fourth-order valence-electron chi connectivity index (χ4n) is 6.15. The van der Waals surface area contributed by atoms with E-state index in [0.717, 1.165) is 32.5 Å². The molecule has 6 rings (SSSR count). The van der Waals surface area contributed by atoms with Crippen LogP contribution in [-0.4, -0.2) is 23.8 Å². The van der Waals surface area contributed by atoms with Gasteiger partial charge in [-0.15, -0.1) is 0 Å². The van der Waals surface area contributed by atoms with Gasteiger partial charge in [0.2, 0.25) is 0 Å². The average Bonchev–Trinajstić information content (AvgIpc) is 3.70. The van der Waals surface area contributed by atoms with Gasteiger partial charge in [-0.05, 0) is 41.4 Å². The van der Waals surface area contributed by atoms with Crippen LogP contribution in [0, 0.1) is 10.8 Å². The van der Waals surface area contributed by atoms with E-state index in [2.05, 4.69) is 95.9 Å². The molecule has 0 bridgehead atoms. The molecule has 0 aromatic heterocycles. The number of carbonyl (C=O) groups excluding carboxylic acids is 1. The van der Waals surface area contributed by atoms with E-state index in [9.17, 15) is 4.79 Å². The van der Waals surface area contributed by atoms with Crippen LogP contribution in [0.4, 0.5) is 0 Å². The summed E-state index contributed by atoms with van der Waals surface area (Å²) in [4.78, 5) is 16.6. The number of hydrogen-bond donors (Lipinski definition) is 0. The van der Waals surface area contributed by atoms with Crippen molar-refractivity contribution in [3.63, 3.8) is 0 Å². The van der Waals surface area contributed by atoms with Gasteiger partial charge >= 0.3 is 0 Å². The predicted octanol–water partition coefficient (Wildman–Crippen LogP) is 5.42. The smallest absolute Gasteiger partial charge is 0.148 e. The lowest BCUT2D eigenvalue weighted by Gasteiger charge is -2.39. The van der Waals surface area contributed by atoms with Gasteiger partial charge in [-0.2, -0.15) is 0 Å². The van der Waals surface area contributed by atoms with Gasteiger partial charge in [0.05, 0.1) is 0 Å². The monoisotopic (exact) mass is 393 g/mol. The first kappa shape index (κ1) is 18.1. The number of likely N-dealkylation sites (tertiary alicyclic amines) is 1. The number of Topliss-reactive ketones (excluding diaryl/α,β-unsaturated/α-hetero) is 1. The first-order valence-corrected chi connectivity index (χ1v) is 11.1. The highest BCUT2D eigenvalue weighted by Crippen LogP contribution is 2.72. The Hall–Kier alpha value is -2.71. The third kappa shape index (κ3) is 2.78. The summed E-state index contributed by atoms with van der Waals surface area (Å²) in [5, 5.41) is 0. The molecule has 150 valence electrons. The number of rotatable bonds is 4. The van der Waals surface area contributed by atoms with Crippen molar-refractivity contribution in [1.82, 2.24) is 4.90 Å². The van der Waals surface area contributed by atoms with E-state index in [0.29, 0.717) is 17.6 Å². The van der Waals surface area contributed by atoms with Crippen LogP contribution in [0.1, 0.15) is 41.4 Å². The van der Waals surface area contributed by atoms with Crippen LogP contribution in [0.15, 0.2) is 91.0 Å². The molecule has 0 unspecified atom stereocenters. The molecule has 3 fully saturated rings. The Kier molecular flexibility index (Phi) is 4.01. The van der Waals surface area contributed by atoms with Gasteiger partial charge in [0.15, 0.2) is 0 Å². The Morgan fingerprint density at radius 3 is 1.57 bits per heavy atom. The Balaban J connectivity index is 1.34. The van der Waals surface area contributed by atoms with Crippen LogP contribution in [0.3, 0.4) is 0 Å². The molecule has 1 heterocycles. The molecule has 1 saturated heterocycles. The van der Waals surface area contributed by atoms with Gasteiger partial charge in [-0.25, -0.2) is 0 Å². The fraction of sp³-hybridized carbons (Fsp3) is 0.321. The highest BCUT2D eigenvalue weighted by Gasteiger charge is 2.74. The normalized spacial score (nSPS) is 32.5. The molecule has 3 aromatic carbocycles. The Bertz CT molecular complexity index is 998. The summed E-state index contributed by atoms with van der Waals surface area (Å²) in [6.45, 7) is 2.72. The average molecular weight is 394 g/mol. The third-order valence-corrected chi connectivity index (χ3v) is 7.72. The quantitative estimate of drug-likeness (QED) is 0.590. The van der Waals surface area contributed by atoms with Crippen molar-refractivity contribution in [2.45, 2.75) is 31.2 Å². The van der Waals surface area contributed by atoms with Crippen LogP contribution >= 0.6 is 0 Å². The third-order valence-electron chi connectivity index (χ3n) is 7.72. The molecular formula is C28H27NO. The molecule has 4 atom stereocenters. The van der Waals surface area contributed by atoms with E-state index in [4.69, 9.17) is 0 Å². The molecule has 30 heavy (non-hydrogen) atoms. The summed E-state index contributed by atoms with van der Waals surface area (Å²) in [5.74, 6) is 1.29. The van der Waals surface area contributed by atoms with E-state index in [1.807, 2.05) is 0 Å². The minimum absolute atomic E-state index is 0.197. The Morgan fingerprint density at radius 1 is 0.667 bits per heavy atom. The van der Waals surface area contributed by atoms with E-state index in [1.54, 1.807) is 0 Å². The summed E-state index contributed by atoms with van der Waals surface area (Å²) in [6, 6.07) is 32.1. The molecule has 0 amide bonds. The maximum Gasteiger partial charge on any atom is 0.148 e. The van der Waals surface area contributed by atoms with E-state index in [-0.39, 0.29) is 10.8 Å². The summed E-state index contributed by atoms with van der Waals surface area (Å²) in [7, 11) is 0. The summed E-state index contributed by atoms with van der Waals surface area (Å²) in [6.07, 6.45) is 2.01. The van der Waals surface area contributed by atoms with Gasteiger partial charge in [0.25, 0.3) is 0 Å². The summed E-state index contributed by atoms with van der Waals surface area (Å²) >= 11 is 0. The maximum absolute atomic E-state index is 14.0. The van der Waals surface area contributed by atoms with Crippen LogP contribution in [0.25, 0.3) is 0 Å². The molecule has 2 saturated carbocycles. The lowest BCUT2D eigenvalue weighted by atomic mass is 9.77. The van der Waals surface area contributed by atoms with Crippen molar-refractivity contribution < 1.29 is 4.79 Å².